The molecule has 2 heterocycles. The number of ether oxygens (including phenoxy) is 2. The molecule has 4 rings (SSSR count). The summed E-state index contributed by atoms with van der Waals surface area (Å²) < 4.78 is 10.9. The van der Waals surface area contributed by atoms with E-state index in [9.17, 15) is 5.11 Å². The third-order valence-corrected chi connectivity index (χ3v) is 4.79. The van der Waals surface area contributed by atoms with E-state index in [4.69, 9.17) is 14.6 Å². The molecule has 7 nitrogen and oxygen atoms in total. The van der Waals surface area contributed by atoms with E-state index in [-0.39, 0.29) is 12.4 Å². The van der Waals surface area contributed by atoms with Crippen molar-refractivity contribution in [3.63, 3.8) is 0 Å². The SMILES string of the molecule is COc1cc2c(N3CCc4c(cccc4OCCO)C3)ncnc2cc1O. The fourth-order valence-electron chi connectivity index (χ4n) is 3.52. The Morgan fingerprint density at radius 3 is 2.89 bits per heavy atom. The molecule has 1 aromatic heterocycles. The highest BCUT2D eigenvalue weighted by Crippen LogP contribution is 2.36. The molecule has 1 aliphatic rings. The Bertz CT molecular complexity index is 977. The van der Waals surface area contributed by atoms with Crippen molar-refractivity contribution in [1.82, 2.24) is 9.97 Å². The van der Waals surface area contributed by atoms with Crippen molar-refractivity contribution in [2.75, 3.05) is 31.8 Å². The zero-order valence-corrected chi connectivity index (χ0v) is 15.1. The highest BCUT2D eigenvalue weighted by atomic mass is 16.5. The number of aromatic nitrogens is 2. The van der Waals surface area contributed by atoms with E-state index >= 15 is 0 Å². The average Bonchev–Trinajstić information content (AvgIpc) is 2.70. The van der Waals surface area contributed by atoms with Gasteiger partial charge >= 0.3 is 0 Å². The number of rotatable bonds is 5. The average molecular weight is 367 g/mol. The predicted octanol–water partition coefficient (Wildman–Crippen LogP) is 2.28. The second-order valence-electron chi connectivity index (χ2n) is 6.38. The molecule has 0 saturated carbocycles. The molecule has 0 fully saturated rings. The molecule has 0 radical (unpaired) electrons. The summed E-state index contributed by atoms with van der Waals surface area (Å²) in [6, 6.07) is 9.36. The standard InChI is InChI=1S/C20H21N3O4/c1-26-19-9-15-16(10-17(19)25)21-12-22-20(15)23-6-5-14-13(11-23)3-2-4-18(14)27-8-7-24/h2-4,9-10,12,24-25H,5-8,11H2,1H3. The molecule has 3 aromatic rings. The normalized spacial score (nSPS) is 13.5. The van der Waals surface area contributed by atoms with E-state index in [1.807, 2.05) is 12.1 Å². The summed E-state index contributed by atoms with van der Waals surface area (Å²) in [5.74, 6) is 2.10. The van der Waals surface area contributed by atoms with Gasteiger partial charge in [0.1, 0.15) is 24.5 Å². The summed E-state index contributed by atoms with van der Waals surface area (Å²) in [7, 11) is 1.52. The first-order valence-electron chi connectivity index (χ1n) is 8.82. The van der Waals surface area contributed by atoms with Gasteiger partial charge in [0.15, 0.2) is 11.5 Å². The van der Waals surface area contributed by atoms with Crippen molar-refractivity contribution in [3.8, 4) is 17.2 Å². The van der Waals surface area contributed by atoms with E-state index < -0.39 is 0 Å². The Hall–Kier alpha value is -3.06. The maximum atomic E-state index is 10.0. The molecule has 0 atom stereocenters. The van der Waals surface area contributed by atoms with Crippen LogP contribution in [-0.4, -0.2) is 47.0 Å². The van der Waals surface area contributed by atoms with Crippen molar-refractivity contribution in [3.05, 3.63) is 47.8 Å². The number of aliphatic hydroxyl groups is 1. The number of aliphatic hydroxyl groups excluding tert-OH is 1. The van der Waals surface area contributed by atoms with Gasteiger partial charge in [0.05, 0.1) is 19.2 Å². The Morgan fingerprint density at radius 2 is 2.07 bits per heavy atom. The number of fused-ring (bicyclic) bond motifs is 2. The summed E-state index contributed by atoms with van der Waals surface area (Å²) in [6.07, 6.45) is 2.33. The van der Waals surface area contributed by atoms with E-state index in [0.29, 0.717) is 24.4 Å². The molecule has 2 aromatic carbocycles. The first kappa shape index (κ1) is 17.4. The van der Waals surface area contributed by atoms with Gasteiger partial charge in [-0.25, -0.2) is 9.97 Å². The van der Waals surface area contributed by atoms with E-state index in [2.05, 4.69) is 20.9 Å². The highest BCUT2D eigenvalue weighted by molar-refractivity contribution is 5.92. The first-order valence-corrected chi connectivity index (χ1v) is 8.82. The van der Waals surface area contributed by atoms with Crippen molar-refractivity contribution >= 4 is 16.7 Å². The van der Waals surface area contributed by atoms with Gasteiger partial charge in [-0.15, -0.1) is 0 Å². The van der Waals surface area contributed by atoms with Crippen LogP contribution in [0.3, 0.4) is 0 Å². The number of methoxy groups -OCH3 is 1. The maximum absolute atomic E-state index is 10.0. The fourth-order valence-corrected chi connectivity index (χ4v) is 3.52. The Labute approximate surface area is 156 Å². The molecule has 0 bridgehead atoms. The lowest BCUT2D eigenvalue weighted by atomic mass is 9.98. The number of benzene rings is 2. The molecule has 0 aliphatic carbocycles. The molecule has 0 unspecified atom stereocenters. The molecule has 0 amide bonds. The lowest BCUT2D eigenvalue weighted by Crippen LogP contribution is -2.31. The Balaban J connectivity index is 1.70. The van der Waals surface area contributed by atoms with Gasteiger partial charge in [-0.3, -0.25) is 0 Å². The van der Waals surface area contributed by atoms with Gasteiger partial charge in [-0.05, 0) is 24.1 Å². The van der Waals surface area contributed by atoms with E-state index in [1.165, 1.54) is 24.6 Å². The molecule has 27 heavy (non-hydrogen) atoms. The Kier molecular flexibility index (Phi) is 4.68. The van der Waals surface area contributed by atoms with Crippen LogP contribution in [0.25, 0.3) is 10.9 Å². The highest BCUT2D eigenvalue weighted by Gasteiger charge is 2.22. The fraction of sp³-hybridized carbons (Fsp3) is 0.300. The van der Waals surface area contributed by atoms with Gasteiger partial charge in [-0.1, -0.05) is 12.1 Å². The van der Waals surface area contributed by atoms with Crippen molar-refractivity contribution in [2.24, 2.45) is 0 Å². The molecule has 1 aliphatic heterocycles. The summed E-state index contributed by atoms with van der Waals surface area (Å²) in [4.78, 5) is 11.0. The van der Waals surface area contributed by atoms with Crippen LogP contribution in [0.4, 0.5) is 5.82 Å². The number of phenols is 1. The summed E-state index contributed by atoms with van der Waals surface area (Å²) in [5, 5.41) is 19.9. The van der Waals surface area contributed by atoms with Gasteiger partial charge in [-0.2, -0.15) is 0 Å². The topological polar surface area (TPSA) is 87.9 Å². The summed E-state index contributed by atoms with van der Waals surface area (Å²) >= 11 is 0. The molecular weight excluding hydrogens is 346 g/mol. The predicted molar refractivity (Wildman–Crippen MR) is 102 cm³/mol. The molecule has 7 heteroatoms. The molecular formula is C20H21N3O4. The minimum atomic E-state index is -0.00258. The number of hydrogen-bond acceptors (Lipinski definition) is 7. The number of anilines is 1. The van der Waals surface area contributed by atoms with Gasteiger partial charge in [0, 0.05) is 30.1 Å². The zero-order valence-electron chi connectivity index (χ0n) is 15.1. The number of phenolic OH excluding ortho intramolecular Hbond substituents is 1. The maximum Gasteiger partial charge on any atom is 0.161 e. The van der Waals surface area contributed by atoms with Crippen LogP contribution in [0.5, 0.6) is 17.2 Å². The lowest BCUT2D eigenvalue weighted by molar-refractivity contribution is 0.200. The van der Waals surface area contributed by atoms with E-state index in [0.717, 1.165) is 29.9 Å². The minimum absolute atomic E-state index is 0.00258. The third kappa shape index (κ3) is 3.21. The van der Waals surface area contributed by atoms with Crippen molar-refractivity contribution in [2.45, 2.75) is 13.0 Å². The number of nitrogens with zero attached hydrogens (tertiary/aromatic N) is 3. The minimum Gasteiger partial charge on any atom is -0.504 e. The summed E-state index contributed by atoms with van der Waals surface area (Å²) in [5.41, 5.74) is 3.02. The van der Waals surface area contributed by atoms with Crippen molar-refractivity contribution in [1.29, 1.82) is 0 Å². The van der Waals surface area contributed by atoms with Crippen molar-refractivity contribution < 1.29 is 19.7 Å². The van der Waals surface area contributed by atoms with Crippen LogP contribution in [0.2, 0.25) is 0 Å². The van der Waals surface area contributed by atoms with Gasteiger partial charge in [0.25, 0.3) is 0 Å². The Morgan fingerprint density at radius 1 is 1.19 bits per heavy atom. The van der Waals surface area contributed by atoms with Crippen LogP contribution in [0, 0.1) is 0 Å². The van der Waals surface area contributed by atoms with Crippen LogP contribution in [0.1, 0.15) is 11.1 Å². The van der Waals surface area contributed by atoms with Gasteiger partial charge in [0.2, 0.25) is 0 Å². The monoisotopic (exact) mass is 367 g/mol. The number of aromatic hydroxyl groups is 1. The summed E-state index contributed by atoms with van der Waals surface area (Å²) in [6.45, 7) is 1.76. The number of hydrogen-bond donors (Lipinski definition) is 2. The largest absolute Gasteiger partial charge is 0.504 e. The first-order chi connectivity index (χ1) is 13.2. The second kappa shape index (κ2) is 7.28. The van der Waals surface area contributed by atoms with Crippen LogP contribution in [0.15, 0.2) is 36.7 Å². The van der Waals surface area contributed by atoms with Crippen LogP contribution < -0.4 is 14.4 Å². The molecule has 2 N–H and O–H groups in total. The zero-order chi connectivity index (χ0) is 18.8. The second-order valence-corrected chi connectivity index (χ2v) is 6.38. The van der Waals surface area contributed by atoms with Crippen LogP contribution >= 0.6 is 0 Å². The van der Waals surface area contributed by atoms with Crippen LogP contribution in [-0.2, 0) is 13.0 Å². The molecule has 140 valence electrons. The molecule has 0 spiro atoms. The van der Waals surface area contributed by atoms with Gasteiger partial charge < -0.3 is 24.6 Å². The quantitative estimate of drug-likeness (QED) is 0.715. The van der Waals surface area contributed by atoms with E-state index in [1.54, 1.807) is 12.1 Å². The molecule has 0 saturated heterocycles. The smallest absolute Gasteiger partial charge is 0.161 e. The lowest BCUT2D eigenvalue weighted by Gasteiger charge is -2.31. The third-order valence-electron chi connectivity index (χ3n) is 4.79.